The van der Waals surface area contributed by atoms with Gasteiger partial charge in [0.15, 0.2) is 7.14 Å². The fourth-order valence-corrected chi connectivity index (χ4v) is 14.2. The predicted molar refractivity (Wildman–Crippen MR) is 250 cm³/mol. The van der Waals surface area contributed by atoms with Gasteiger partial charge in [0, 0.05) is 49.7 Å². The Morgan fingerprint density at radius 3 is 1.65 bits per heavy atom. The van der Waals surface area contributed by atoms with E-state index in [1.807, 2.05) is 30.3 Å². The Balaban J connectivity index is 1.11. The van der Waals surface area contributed by atoms with Crippen LogP contribution >= 0.6 is 7.14 Å². The van der Waals surface area contributed by atoms with Crippen LogP contribution in [0.3, 0.4) is 0 Å². The van der Waals surface area contributed by atoms with Gasteiger partial charge in [0.25, 0.3) is 0 Å². The first kappa shape index (κ1) is 35.1. The zero-order valence-corrected chi connectivity index (χ0v) is 34.1. The molecule has 0 radical (unpaired) electrons. The van der Waals surface area contributed by atoms with Gasteiger partial charge in [-0.1, -0.05) is 182 Å². The van der Waals surface area contributed by atoms with E-state index < -0.39 is 12.6 Å². The van der Waals surface area contributed by atoms with Crippen LogP contribution in [0.5, 0.6) is 0 Å². The summed E-state index contributed by atoms with van der Waals surface area (Å²) in [5.41, 5.74) is 10.5. The van der Waals surface area contributed by atoms with Crippen LogP contribution in [0.4, 0.5) is 11.4 Å². The summed E-state index contributed by atoms with van der Waals surface area (Å²) in [5.74, 6) is 0.252. The standard InChI is InChI=1S/C56H41N2OP/c1-55-38-16-15-22-47(55)46-21-7-12-27-52(46)58(55)42-36-32-40(33-37-42)56(39-30-34-41(35-31-39)57-50-25-10-5-19-44(50)45-20-6-11-26-51(45)57)48-23-8-13-28-53(48)60(59,43-17-3-2-4-18-43)54-29-14-9-24-49(54)56/h2-38,47H,1H3. The number of anilines is 2. The number of hydrogen-bond donors (Lipinski definition) is 0. The lowest BCUT2D eigenvalue weighted by atomic mass is 9.64. The van der Waals surface area contributed by atoms with Gasteiger partial charge in [-0.3, -0.25) is 0 Å². The lowest BCUT2D eigenvalue weighted by Crippen LogP contribution is -2.46. The molecule has 3 aliphatic rings. The Morgan fingerprint density at radius 2 is 1.02 bits per heavy atom. The second-order valence-electron chi connectivity index (χ2n) is 16.5. The van der Waals surface area contributed by atoms with E-state index in [0.717, 1.165) is 49.5 Å². The van der Waals surface area contributed by atoms with Crippen LogP contribution in [-0.2, 0) is 9.98 Å². The first-order valence-corrected chi connectivity index (χ1v) is 22.5. The number of allylic oxidation sites excluding steroid dienone is 2. The molecule has 2 aliphatic heterocycles. The molecule has 1 aliphatic carbocycles. The lowest BCUT2D eigenvalue weighted by molar-refractivity contribution is 0.542. The van der Waals surface area contributed by atoms with E-state index in [1.54, 1.807) is 0 Å². The van der Waals surface area contributed by atoms with Crippen LogP contribution in [-0.4, -0.2) is 10.1 Å². The van der Waals surface area contributed by atoms with Crippen molar-refractivity contribution >= 4 is 56.2 Å². The molecular weight excluding hydrogens is 748 g/mol. The number of aromatic nitrogens is 1. The highest BCUT2D eigenvalue weighted by Crippen LogP contribution is 2.58. The van der Waals surface area contributed by atoms with Gasteiger partial charge in [-0.15, -0.1) is 0 Å². The van der Waals surface area contributed by atoms with Crippen molar-refractivity contribution in [2.45, 2.75) is 23.8 Å². The van der Waals surface area contributed by atoms with Gasteiger partial charge in [-0.05, 0) is 77.2 Å². The molecule has 9 aromatic rings. The fourth-order valence-electron chi connectivity index (χ4n) is 11.0. The highest BCUT2D eigenvalue weighted by molar-refractivity contribution is 7.85. The number of rotatable bonds is 5. The largest absolute Gasteiger partial charge is 0.331 e. The highest BCUT2D eigenvalue weighted by Gasteiger charge is 2.52. The van der Waals surface area contributed by atoms with Gasteiger partial charge < -0.3 is 14.0 Å². The van der Waals surface area contributed by atoms with Gasteiger partial charge in [0.1, 0.15) is 0 Å². The Morgan fingerprint density at radius 1 is 0.500 bits per heavy atom. The van der Waals surface area contributed by atoms with Crippen LogP contribution in [0.2, 0.25) is 0 Å². The molecule has 60 heavy (non-hydrogen) atoms. The van der Waals surface area contributed by atoms with E-state index in [1.165, 1.54) is 33.1 Å². The maximum atomic E-state index is 16.2. The van der Waals surface area contributed by atoms with Crippen molar-refractivity contribution in [3.63, 3.8) is 0 Å². The molecule has 0 saturated carbocycles. The summed E-state index contributed by atoms with van der Waals surface area (Å²) < 4.78 is 18.6. The summed E-state index contributed by atoms with van der Waals surface area (Å²) in [6.45, 7) is 2.35. The number of para-hydroxylation sites is 3. The van der Waals surface area contributed by atoms with Crippen molar-refractivity contribution in [3.05, 3.63) is 252 Å². The average Bonchev–Trinajstić information content (AvgIpc) is 3.79. The summed E-state index contributed by atoms with van der Waals surface area (Å²) in [7, 11) is -3.29. The third kappa shape index (κ3) is 4.64. The Bertz CT molecular complexity index is 3160. The number of hydrogen-bond acceptors (Lipinski definition) is 2. The van der Waals surface area contributed by atoms with Crippen LogP contribution in [0, 0.1) is 0 Å². The minimum Gasteiger partial charge on any atom is -0.331 e. The number of fused-ring (bicyclic) bond motifs is 8. The number of benzene rings is 8. The molecule has 3 nitrogen and oxygen atoms in total. The van der Waals surface area contributed by atoms with Gasteiger partial charge in [0.05, 0.1) is 22.0 Å². The van der Waals surface area contributed by atoms with Crippen molar-refractivity contribution < 1.29 is 4.57 Å². The first-order chi connectivity index (χ1) is 29.5. The minimum atomic E-state index is -3.29. The molecule has 3 heterocycles. The predicted octanol–water partition coefficient (Wildman–Crippen LogP) is 12.2. The van der Waals surface area contributed by atoms with Crippen molar-refractivity contribution in [2.24, 2.45) is 0 Å². The molecule has 0 fully saturated rings. The molecule has 4 heteroatoms. The SMILES string of the molecule is CC12C=CC=CC1c1ccccc1N2c1ccc(C2(c3ccc(-n4c5ccccc5c5ccccc54)cc3)c3ccccc3P(=O)(c3ccccc3)c3ccccc32)cc1. The molecular formula is C56H41N2OP. The van der Waals surface area contributed by atoms with E-state index in [9.17, 15) is 0 Å². The zero-order valence-electron chi connectivity index (χ0n) is 33.2. The van der Waals surface area contributed by atoms with E-state index in [4.69, 9.17) is 0 Å². The molecule has 1 aromatic heterocycles. The Hall–Kier alpha value is -6.93. The van der Waals surface area contributed by atoms with Gasteiger partial charge in [-0.2, -0.15) is 0 Å². The maximum Gasteiger partial charge on any atom is 0.171 e. The fraction of sp³-hybridized carbons (Fsp3) is 0.0714. The molecule has 8 aromatic carbocycles. The minimum absolute atomic E-state index is 0.243. The van der Waals surface area contributed by atoms with Crippen molar-refractivity contribution in [2.75, 3.05) is 4.90 Å². The van der Waals surface area contributed by atoms with Crippen molar-refractivity contribution in [1.82, 2.24) is 4.57 Å². The molecule has 12 rings (SSSR count). The van der Waals surface area contributed by atoms with Crippen LogP contribution in [0.1, 0.15) is 40.7 Å². The van der Waals surface area contributed by atoms with Gasteiger partial charge in [0.2, 0.25) is 0 Å². The zero-order chi connectivity index (χ0) is 40.1. The normalized spacial score (nSPS) is 22.4. The summed E-state index contributed by atoms with van der Waals surface area (Å²) in [6, 6.07) is 71.6. The third-order valence-corrected chi connectivity index (χ3v) is 16.7. The molecule has 2 unspecified atom stereocenters. The van der Waals surface area contributed by atoms with Crippen LogP contribution < -0.4 is 20.8 Å². The van der Waals surface area contributed by atoms with E-state index in [2.05, 4.69) is 211 Å². The molecule has 0 bridgehead atoms. The van der Waals surface area contributed by atoms with Crippen LogP contribution in [0.25, 0.3) is 27.5 Å². The van der Waals surface area contributed by atoms with E-state index >= 15 is 4.57 Å². The summed E-state index contributed by atoms with van der Waals surface area (Å²) in [6.07, 6.45) is 9.05. The Kier molecular flexibility index (Phi) is 7.62. The summed E-state index contributed by atoms with van der Waals surface area (Å²) in [5, 5.41) is 5.09. The molecule has 0 spiro atoms. The summed E-state index contributed by atoms with van der Waals surface area (Å²) in [4.78, 5) is 2.51. The second kappa shape index (κ2) is 13.0. The average molecular weight is 789 g/mol. The first-order valence-electron chi connectivity index (χ1n) is 20.8. The third-order valence-electron chi connectivity index (χ3n) is 13.6. The smallest absolute Gasteiger partial charge is 0.171 e. The van der Waals surface area contributed by atoms with Gasteiger partial charge >= 0.3 is 0 Å². The van der Waals surface area contributed by atoms with E-state index in [0.29, 0.717) is 0 Å². The molecule has 286 valence electrons. The van der Waals surface area contributed by atoms with Crippen LogP contribution in [0.15, 0.2) is 224 Å². The maximum absolute atomic E-state index is 16.2. The van der Waals surface area contributed by atoms with E-state index in [-0.39, 0.29) is 11.5 Å². The number of nitrogens with zero attached hydrogens (tertiary/aromatic N) is 2. The molecule has 2 atom stereocenters. The molecule has 0 saturated heterocycles. The monoisotopic (exact) mass is 788 g/mol. The van der Waals surface area contributed by atoms with Crippen molar-refractivity contribution in [3.8, 4) is 5.69 Å². The molecule has 0 N–H and O–H groups in total. The second-order valence-corrected chi connectivity index (χ2v) is 19.2. The quantitative estimate of drug-likeness (QED) is 0.162. The molecule has 0 amide bonds. The Labute approximate surface area is 350 Å². The van der Waals surface area contributed by atoms with Gasteiger partial charge in [-0.25, -0.2) is 0 Å². The van der Waals surface area contributed by atoms with Crippen molar-refractivity contribution in [1.29, 1.82) is 0 Å². The summed E-state index contributed by atoms with van der Waals surface area (Å²) >= 11 is 0. The topological polar surface area (TPSA) is 25.2 Å². The highest BCUT2D eigenvalue weighted by atomic mass is 31.2. The lowest BCUT2D eigenvalue weighted by Gasteiger charge is -2.45.